The van der Waals surface area contributed by atoms with Gasteiger partial charge in [0.2, 0.25) is 0 Å². The number of hydrogen-bond donors (Lipinski definition) is 3. The van der Waals surface area contributed by atoms with Crippen molar-refractivity contribution in [2.24, 2.45) is 0 Å². The standard InChI is InChI=1S/C5H7BN2O2S/c9-6(10)4-1-7-5(3-11)8-2-4/h1-2,9-11H,3H2. The minimum Gasteiger partial charge on any atom is -0.423 e. The zero-order valence-corrected chi connectivity index (χ0v) is 6.57. The van der Waals surface area contributed by atoms with Crippen molar-refractivity contribution in [2.75, 3.05) is 0 Å². The summed E-state index contributed by atoms with van der Waals surface area (Å²) in [6.07, 6.45) is 2.73. The zero-order chi connectivity index (χ0) is 8.27. The van der Waals surface area contributed by atoms with Crippen LogP contribution in [0.3, 0.4) is 0 Å². The summed E-state index contributed by atoms with van der Waals surface area (Å²) in [7, 11) is -1.50. The number of aromatic nitrogens is 2. The van der Waals surface area contributed by atoms with Gasteiger partial charge in [-0.15, -0.1) is 0 Å². The van der Waals surface area contributed by atoms with Crippen LogP contribution in [0.4, 0.5) is 0 Å². The summed E-state index contributed by atoms with van der Waals surface area (Å²) in [5.74, 6) is 1.01. The molecular formula is C5H7BN2O2S. The number of thiol groups is 1. The van der Waals surface area contributed by atoms with Gasteiger partial charge in [0.1, 0.15) is 5.82 Å². The summed E-state index contributed by atoms with van der Waals surface area (Å²) in [6.45, 7) is 0. The largest absolute Gasteiger partial charge is 0.491 e. The molecule has 0 spiro atoms. The molecule has 58 valence electrons. The van der Waals surface area contributed by atoms with Gasteiger partial charge in [0, 0.05) is 17.9 Å². The highest BCUT2D eigenvalue weighted by Crippen LogP contribution is 1.90. The van der Waals surface area contributed by atoms with E-state index < -0.39 is 7.12 Å². The molecule has 1 aromatic heterocycles. The fourth-order valence-electron chi connectivity index (χ4n) is 0.580. The molecule has 0 aliphatic heterocycles. The van der Waals surface area contributed by atoms with Crippen molar-refractivity contribution in [2.45, 2.75) is 5.75 Å². The van der Waals surface area contributed by atoms with Crippen LogP contribution in [0.5, 0.6) is 0 Å². The molecular weight excluding hydrogens is 163 g/mol. The fraction of sp³-hybridized carbons (Fsp3) is 0.200. The maximum Gasteiger partial charge on any atom is 0.491 e. The van der Waals surface area contributed by atoms with Gasteiger partial charge in [-0.25, -0.2) is 9.97 Å². The minimum absolute atomic E-state index is 0.288. The molecule has 0 amide bonds. The first-order valence-electron chi connectivity index (χ1n) is 3.02. The molecule has 4 nitrogen and oxygen atoms in total. The molecule has 6 heteroatoms. The first kappa shape index (κ1) is 8.51. The van der Waals surface area contributed by atoms with E-state index in [1.807, 2.05) is 0 Å². The molecule has 0 aliphatic carbocycles. The van der Waals surface area contributed by atoms with Gasteiger partial charge in [-0.05, 0) is 0 Å². The molecule has 2 N–H and O–H groups in total. The Morgan fingerprint density at radius 1 is 1.36 bits per heavy atom. The molecule has 0 saturated carbocycles. The smallest absolute Gasteiger partial charge is 0.423 e. The molecule has 1 heterocycles. The third kappa shape index (κ3) is 2.18. The second-order valence-corrected chi connectivity index (χ2v) is 2.28. The van der Waals surface area contributed by atoms with Crippen molar-refractivity contribution in [3.63, 3.8) is 0 Å². The molecule has 0 atom stereocenters. The lowest BCUT2D eigenvalue weighted by atomic mass is 9.83. The molecule has 1 rings (SSSR count). The van der Waals surface area contributed by atoms with E-state index in [4.69, 9.17) is 10.0 Å². The maximum atomic E-state index is 8.64. The van der Waals surface area contributed by atoms with Crippen LogP contribution in [0.2, 0.25) is 0 Å². The Hall–Kier alpha value is -0.585. The molecule has 11 heavy (non-hydrogen) atoms. The molecule has 0 fully saturated rings. The SMILES string of the molecule is OB(O)c1cnc(CS)nc1. The Balaban J connectivity index is 2.83. The highest BCUT2D eigenvalue weighted by atomic mass is 32.1. The fourth-order valence-corrected chi connectivity index (χ4v) is 0.743. The maximum absolute atomic E-state index is 8.64. The zero-order valence-electron chi connectivity index (χ0n) is 5.68. The molecule has 0 bridgehead atoms. The Bertz CT molecular complexity index is 228. The van der Waals surface area contributed by atoms with Gasteiger partial charge in [-0.3, -0.25) is 0 Å². The van der Waals surface area contributed by atoms with E-state index in [0.717, 1.165) is 0 Å². The monoisotopic (exact) mass is 170 g/mol. The molecule has 1 aromatic rings. The summed E-state index contributed by atoms with van der Waals surface area (Å²) < 4.78 is 0. The van der Waals surface area contributed by atoms with Crippen LogP contribution in [0.25, 0.3) is 0 Å². The molecule has 0 radical (unpaired) electrons. The average Bonchev–Trinajstić information content (AvgIpc) is 2.05. The summed E-state index contributed by atoms with van der Waals surface area (Å²) in [4.78, 5) is 7.62. The third-order valence-electron chi connectivity index (χ3n) is 1.16. The van der Waals surface area contributed by atoms with Gasteiger partial charge in [-0.2, -0.15) is 12.6 Å². The summed E-state index contributed by atoms with van der Waals surface area (Å²) >= 11 is 3.95. The lowest BCUT2D eigenvalue weighted by Crippen LogP contribution is -2.30. The second kappa shape index (κ2) is 3.70. The van der Waals surface area contributed by atoms with Crippen molar-refractivity contribution in [3.8, 4) is 0 Å². The predicted molar refractivity (Wildman–Crippen MR) is 44.5 cm³/mol. The molecule has 0 aliphatic rings. The molecule has 0 aromatic carbocycles. The van der Waals surface area contributed by atoms with E-state index in [0.29, 0.717) is 11.6 Å². The topological polar surface area (TPSA) is 66.2 Å². The van der Waals surface area contributed by atoms with Crippen LogP contribution in [0.15, 0.2) is 12.4 Å². The van der Waals surface area contributed by atoms with Crippen LogP contribution in [0, 0.1) is 0 Å². The Labute approximate surface area is 69.9 Å². The minimum atomic E-state index is -1.50. The number of nitrogens with zero attached hydrogens (tertiary/aromatic N) is 2. The van der Waals surface area contributed by atoms with Crippen molar-refractivity contribution >= 4 is 25.2 Å². The van der Waals surface area contributed by atoms with E-state index in [1.165, 1.54) is 12.4 Å². The van der Waals surface area contributed by atoms with E-state index in [2.05, 4.69) is 22.6 Å². The lowest BCUT2D eigenvalue weighted by molar-refractivity contribution is 0.425. The van der Waals surface area contributed by atoms with Crippen LogP contribution in [0.1, 0.15) is 5.82 Å². The van der Waals surface area contributed by atoms with Crippen LogP contribution < -0.4 is 5.46 Å². The highest BCUT2D eigenvalue weighted by Gasteiger charge is 2.10. The second-order valence-electron chi connectivity index (χ2n) is 1.96. The van der Waals surface area contributed by atoms with Crippen LogP contribution in [-0.4, -0.2) is 27.1 Å². The van der Waals surface area contributed by atoms with Crippen LogP contribution in [-0.2, 0) is 5.75 Å². The van der Waals surface area contributed by atoms with Crippen LogP contribution >= 0.6 is 12.6 Å². The van der Waals surface area contributed by atoms with Gasteiger partial charge in [0.05, 0.1) is 5.75 Å². The van der Waals surface area contributed by atoms with Gasteiger partial charge in [0.25, 0.3) is 0 Å². The van der Waals surface area contributed by atoms with E-state index in [9.17, 15) is 0 Å². The average molecular weight is 170 g/mol. The normalized spacial score (nSPS) is 9.73. The molecule has 0 unspecified atom stereocenters. The predicted octanol–water partition coefficient (Wildman–Crippen LogP) is -1.41. The first-order valence-corrected chi connectivity index (χ1v) is 3.65. The third-order valence-corrected chi connectivity index (χ3v) is 1.45. The summed E-state index contributed by atoms with van der Waals surface area (Å²) in [5.41, 5.74) is 0.288. The van der Waals surface area contributed by atoms with E-state index >= 15 is 0 Å². The van der Waals surface area contributed by atoms with E-state index in [-0.39, 0.29) is 5.46 Å². The Morgan fingerprint density at radius 2 is 1.91 bits per heavy atom. The van der Waals surface area contributed by atoms with Gasteiger partial charge in [0.15, 0.2) is 0 Å². The van der Waals surface area contributed by atoms with Crippen molar-refractivity contribution < 1.29 is 10.0 Å². The number of hydrogen-bond acceptors (Lipinski definition) is 5. The quantitative estimate of drug-likeness (QED) is 0.376. The van der Waals surface area contributed by atoms with Crippen molar-refractivity contribution in [3.05, 3.63) is 18.2 Å². The van der Waals surface area contributed by atoms with Gasteiger partial charge in [-0.1, -0.05) is 0 Å². The highest BCUT2D eigenvalue weighted by molar-refractivity contribution is 7.79. The lowest BCUT2D eigenvalue weighted by Gasteiger charge is -1.97. The van der Waals surface area contributed by atoms with Crippen molar-refractivity contribution in [1.82, 2.24) is 9.97 Å². The van der Waals surface area contributed by atoms with Crippen molar-refractivity contribution in [1.29, 1.82) is 0 Å². The van der Waals surface area contributed by atoms with Gasteiger partial charge < -0.3 is 10.0 Å². The van der Waals surface area contributed by atoms with Gasteiger partial charge >= 0.3 is 7.12 Å². The van der Waals surface area contributed by atoms with E-state index in [1.54, 1.807) is 0 Å². The first-order chi connectivity index (χ1) is 5.24. The molecule has 0 saturated heterocycles. The summed E-state index contributed by atoms with van der Waals surface area (Å²) in [5, 5.41) is 17.3. The Morgan fingerprint density at radius 3 is 2.27 bits per heavy atom. The summed E-state index contributed by atoms with van der Waals surface area (Å²) in [6, 6.07) is 0. The Kier molecular flexibility index (Phi) is 2.87. The number of rotatable bonds is 2.